The van der Waals surface area contributed by atoms with Crippen LogP contribution in [0.25, 0.3) is 0 Å². The van der Waals surface area contributed by atoms with Crippen LogP contribution < -0.4 is 5.32 Å². The molecule has 0 atom stereocenters. The number of hydrogen-bond donors (Lipinski definition) is 1. The first-order valence-corrected chi connectivity index (χ1v) is 6.17. The SMILES string of the molecule is CCCCCNC1(CCl)CCCC1. The molecule has 1 aliphatic carbocycles. The fraction of sp³-hybridized carbons (Fsp3) is 1.00. The first-order chi connectivity index (χ1) is 6.33. The van der Waals surface area contributed by atoms with E-state index < -0.39 is 0 Å². The highest BCUT2D eigenvalue weighted by atomic mass is 35.5. The molecule has 0 aromatic rings. The van der Waals surface area contributed by atoms with E-state index in [1.807, 2.05) is 0 Å². The molecule has 0 saturated heterocycles. The normalized spacial score (nSPS) is 20.8. The van der Waals surface area contributed by atoms with E-state index in [0.29, 0.717) is 5.54 Å². The average Bonchev–Trinajstić information content (AvgIpc) is 2.62. The highest BCUT2D eigenvalue weighted by molar-refractivity contribution is 6.18. The number of alkyl halides is 1. The summed E-state index contributed by atoms with van der Waals surface area (Å²) < 4.78 is 0. The summed E-state index contributed by atoms with van der Waals surface area (Å²) in [6, 6.07) is 0. The van der Waals surface area contributed by atoms with E-state index in [9.17, 15) is 0 Å². The molecular weight excluding hydrogens is 182 g/mol. The molecule has 0 aliphatic heterocycles. The molecule has 1 aliphatic rings. The fourth-order valence-electron chi connectivity index (χ4n) is 2.14. The predicted octanol–water partition coefficient (Wildman–Crippen LogP) is 3.32. The second kappa shape index (κ2) is 5.87. The molecule has 0 aromatic heterocycles. The third kappa shape index (κ3) is 3.47. The zero-order valence-electron chi connectivity index (χ0n) is 8.74. The topological polar surface area (TPSA) is 12.0 Å². The standard InChI is InChI=1S/C11H22ClN/c1-2-3-6-9-13-11(10-12)7-4-5-8-11/h13H,2-10H2,1H3. The summed E-state index contributed by atoms with van der Waals surface area (Å²) in [4.78, 5) is 0. The maximum absolute atomic E-state index is 6.01. The van der Waals surface area contributed by atoms with E-state index in [2.05, 4.69) is 12.2 Å². The second-order valence-corrected chi connectivity index (χ2v) is 4.52. The Hall–Kier alpha value is 0.250. The van der Waals surface area contributed by atoms with Crippen molar-refractivity contribution in [3.63, 3.8) is 0 Å². The lowest BCUT2D eigenvalue weighted by molar-refractivity contribution is 0.365. The Labute approximate surface area is 87.2 Å². The molecule has 0 aromatic carbocycles. The average molecular weight is 204 g/mol. The first-order valence-electron chi connectivity index (χ1n) is 5.64. The minimum Gasteiger partial charge on any atom is -0.310 e. The Morgan fingerprint density at radius 3 is 2.46 bits per heavy atom. The van der Waals surface area contributed by atoms with Gasteiger partial charge in [0.2, 0.25) is 0 Å². The van der Waals surface area contributed by atoms with E-state index >= 15 is 0 Å². The summed E-state index contributed by atoms with van der Waals surface area (Å²) >= 11 is 6.01. The van der Waals surface area contributed by atoms with Gasteiger partial charge in [-0.15, -0.1) is 11.6 Å². The van der Waals surface area contributed by atoms with Crippen molar-refractivity contribution < 1.29 is 0 Å². The molecule has 0 unspecified atom stereocenters. The van der Waals surface area contributed by atoms with Crippen molar-refractivity contribution in [2.75, 3.05) is 12.4 Å². The van der Waals surface area contributed by atoms with Crippen molar-refractivity contribution in [1.29, 1.82) is 0 Å². The second-order valence-electron chi connectivity index (χ2n) is 4.25. The molecule has 0 radical (unpaired) electrons. The molecule has 1 saturated carbocycles. The van der Waals surface area contributed by atoms with Gasteiger partial charge in [-0.1, -0.05) is 32.6 Å². The summed E-state index contributed by atoms with van der Waals surface area (Å²) in [6.45, 7) is 3.40. The van der Waals surface area contributed by atoms with Crippen molar-refractivity contribution in [2.24, 2.45) is 0 Å². The van der Waals surface area contributed by atoms with E-state index in [-0.39, 0.29) is 0 Å². The minimum absolute atomic E-state index is 0.301. The maximum atomic E-state index is 6.01. The first kappa shape index (κ1) is 11.3. The zero-order chi connectivity index (χ0) is 9.57. The van der Waals surface area contributed by atoms with Crippen LogP contribution in [0.3, 0.4) is 0 Å². The molecule has 0 heterocycles. The van der Waals surface area contributed by atoms with Crippen LogP contribution in [0.15, 0.2) is 0 Å². The summed E-state index contributed by atoms with van der Waals surface area (Å²) in [7, 11) is 0. The van der Waals surface area contributed by atoms with E-state index in [0.717, 1.165) is 12.4 Å². The molecule has 1 N–H and O–H groups in total. The quantitative estimate of drug-likeness (QED) is 0.516. The van der Waals surface area contributed by atoms with Crippen LogP contribution in [0, 0.1) is 0 Å². The van der Waals surface area contributed by atoms with Crippen molar-refractivity contribution in [2.45, 2.75) is 57.4 Å². The van der Waals surface area contributed by atoms with Gasteiger partial charge < -0.3 is 5.32 Å². The smallest absolute Gasteiger partial charge is 0.0406 e. The number of nitrogens with one attached hydrogen (secondary N) is 1. The van der Waals surface area contributed by atoms with Gasteiger partial charge in [0, 0.05) is 11.4 Å². The van der Waals surface area contributed by atoms with Crippen LogP contribution in [0.1, 0.15) is 51.9 Å². The van der Waals surface area contributed by atoms with Crippen LogP contribution in [0.2, 0.25) is 0 Å². The number of rotatable bonds is 6. The van der Waals surface area contributed by atoms with Gasteiger partial charge in [0.25, 0.3) is 0 Å². The Bertz CT molecular complexity index is 130. The van der Waals surface area contributed by atoms with Gasteiger partial charge in [0.05, 0.1) is 0 Å². The van der Waals surface area contributed by atoms with Gasteiger partial charge in [0.15, 0.2) is 0 Å². The molecule has 1 nitrogen and oxygen atoms in total. The van der Waals surface area contributed by atoms with Gasteiger partial charge in [-0.2, -0.15) is 0 Å². The Balaban J connectivity index is 2.16. The lowest BCUT2D eigenvalue weighted by Crippen LogP contribution is -2.44. The van der Waals surface area contributed by atoms with Gasteiger partial charge in [-0.3, -0.25) is 0 Å². The van der Waals surface area contributed by atoms with E-state index in [1.54, 1.807) is 0 Å². The highest BCUT2D eigenvalue weighted by Crippen LogP contribution is 2.30. The summed E-state index contributed by atoms with van der Waals surface area (Å²) in [6.07, 6.45) is 9.21. The summed E-state index contributed by atoms with van der Waals surface area (Å²) in [5.74, 6) is 0.791. The fourth-order valence-corrected chi connectivity index (χ4v) is 2.50. The molecule has 78 valence electrons. The predicted molar refractivity (Wildman–Crippen MR) is 59.4 cm³/mol. The monoisotopic (exact) mass is 203 g/mol. The third-order valence-corrected chi connectivity index (χ3v) is 3.61. The lowest BCUT2D eigenvalue weighted by Gasteiger charge is -2.28. The largest absolute Gasteiger partial charge is 0.310 e. The van der Waals surface area contributed by atoms with Crippen molar-refractivity contribution in [1.82, 2.24) is 5.32 Å². The molecule has 1 rings (SSSR count). The van der Waals surface area contributed by atoms with Crippen LogP contribution in [-0.4, -0.2) is 18.0 Å². The van der Waals surface area contributed by atoms with Crippen LogP contribution in [0.4, 0.5) is 0 Å². The van der Waals surface area contributed by atoms with Gasteiger partial charge in [-0.05, 0) is 25.8 Å². The zero-order valence-corrected chi connectivity index (χ0v) is 9.50. The number of unbranched alkanes of at least 4 members (excludes halogenated alkanes) is 2. The van der Waals surface area contributed by atoms with Gasteiger partial charge >= 0.3 is 0 Å². The van der Waals surface area contributed by atoms with Crippen molar-refractivity contribution in [3.8, 4) is 0 Å². The molecule has 2 heteroatoms. The molecular formula is C11H22ClN. The lowest BCUT2D eigenvalue weighted by atomic mass is 10.0. The molecule has 0 amide bonds. The minimum atomic E-state index is 0.301. The Morgan fingerprint density at radius 2 is 1.92 bits per heavy atom. The van der Waals surface area contributed by atoms with Gasteiger partial charge in [0.1, 0.15) is 0 Å². The molecule has 0 spiro atoms. The summed E-state index contributed by atoms with van der Waals surface area (Å²) in [5.41, 5.74) is 0.301. The number of hydrogen-bond acceptors (Lipinski definition) is 1. The third-order valence-electron chi connectivity index (χ3n) is 3.10. The maximum Gasteiger partial charge on any atom is 0.0406 e. The molecule has 13 heavy (non-hydrogen) atoms. The van der Waals surface area contributed by atoms with Crippen molar-refractivity contribution in [3.05, 3.63) is 0 Å². The van der Waals surface area contributed by atoms with Gasteiger partial charge in [-0.25, -0.2) is 0 Å². The molecule has 0 bridgehead atoms. The Morgan fingerprint density at radius 1 is 1.23 bits per heavy atom. The van der Waals surface area contributed by atoms with Crippen LogP contribution in [0.5, 0.6) is 0 Å². The summed E-state index contributed by atoms with van der Waals surface area (Å²) in [5, 5.41) is 3.65. The van der Waals surface area contributed by atoms with E-state index in [4.69, 9.17) is 11.6 Å². The van der Waals surface area contributed by atoms with Crippen molar-refractivity contribution >= 4 is 11.6 Å². The van der Waals surface area contributed by atoms with Crippen LogP contribution >= 0.6 is 11.6 Å². The number of halogens is 1. The molecule has 1 fully saturated rings. The van der Waals surface area contributed by atoms with Crippen LogP contribution in [-0.2, 0) is 0 Å². The van der Waals surface area contributed by atoms with E-state index in [1.165, 1.54) is 44.9 Å². The highest BCUT2D eigenvalue weighted by Gasteiger charge is 2.31. The Kier molecular flexibility index (Phi) is 5.12.